The Bertz CT molecular complexity index is 717. The van der Waals surface area contributed by atoms with Crippen molar-refractivity contribution < 1.29 is 4.74 Å². The van der Waals surface area contributed by atoms with Gasteiger partial charge in [0.05, 0.1) is 24.1 Å². The molecule has 0 spiro atoms. The monoisotopic (exact) mass is 288 g/mol. The number of hydrogen-bond donors (Lipinski definition) is 0. The molecule has 0 bridgehead atoms. The molecule has 0 amide bonds. The summed E-state index contributed by atoms with van der Waals surface area (Å²) in [6.45, 7) is 1.90. The maximum atomic E-state index is 5.44. The van der Waals surface area contributed by atoms with Crippen LogP contribution in [-0.4, -0.2) is 30.3 Å². The van der Waals surface area contributed by atoms with E-state index in [0.29, 0.717) is 0 Å². The zero-order chi connectivity index (χ0) is 12.8. The highest BCUT2D eigenvalue weighted by Gasteiger charge is 2.28. The van der Waals surface area contributed by atoms with Crippen LogP contribution in [0, 0.1) is 0 Å². The number of ether oxygens (including phenoxy) is 1. The summed E-state index contributed by atoms with van der Waals surface area (Å²) in [5.74, 6) is 0.954. The summed E-state index contributed by atoms with van der Waals surface area (Å²) in [5.41, 5.74) is 2.57. The van der Waals surface area contributed by atoms with Gasteiger partial charge in [-0.05, 0) is 6.07 Å². The Labute approximate surface area is 119 Å². The normalized spacial score (nSPS) is 17.6. The van der Waals surface area contributed by atoms with Crippen LogP contribution in [0.4, 0.5) is 0 Å². The first-order valence-electron chi connectivity index (χ1n) is 6.12. The number of amidine groups is 1. The fourth-order valence-electron chi connectivity index (χ4n) is 2.52. The smallest absolute Gasteiger partial charge is 0.168 e. The van der Waals surface area contributed by atoms with E-state index >= 15 is 0 Å². The maximum absolute atomic E-state index is 5.44. The first kappa shape index (κ1) is 11.4. The highest BCUT2D eigenvalue weighted by atomic mass is 32.2. The predicted molar refractivity (Wildman–Crippen MR) is 83.0 cm³/mol. The summed E-state index contributed by atoms with van der Waals surface area (Å²) in [4.78, 5) is 6.81. The molecule has 0 saturated heterocycles. The van der Waals surface area contributed by atoms with Crippen LogP contribution < -0.4 is 4.74 Å². The van der Waals surface area contributed by atoms with Crippen molar-refractivity contribution in [2.24, 2.45) is 4.99 Å². The van der Waals surface area contributed by atoms with Crippen LogP contribution in [0.2, 0.25) is 0 Å². The van der Waals surface area contributed by atoms with Crippen molar-refractivity contribution in [3.63, 3.8) is 0 Å². The Morgan fingerprint density at radius 2 is 2.32 bits per heavy atom. The minimum atomic E-state index is 0.908. The Morgan fingerprint density at radius 3 is 3.21 bits per heavy atom. The summed E-state index contributed by atoms with van der Waals surface area (Å²) in [5, 5.41) is 6.83. The average molecular weight is 288 g/mol. The molecule has 3 nitrogen and oxygen atoms in total. The maximum Gasteiger partial charge on any atom is 0.168 e. The van der Waals surface area contributed by atoms with Gasteiger partial charge < -0.3 is 9.64 Å². The van der Waals surface area contributed by atoms with Crippen molar-refractivity contribution in [3.8, 4) is 5.75 Å². The largest absolute Gasteiger partial charge is 0.495 e. The number of benzene rings is 1. The number of thiophene rings is 1. The molecule has 1 aromatic carbocycles. The third kappa shape index (κ3) is 1.61. The first-order chi connectivity index (χ1) is 9.38. The second-order valence-electron chi connectivity index (χ2n) is 4.42. The van der Waals surface area contributed by atoms with Crippen LogP contribution in [0.25, 0.3) is 15.8 Å². The van der Waals surface area contributed by atoms with Crippen LogP contribution in [0.5, 0.6) is 5.75 Å². The number of methoxy groups -OCH3 is 1. The first-order valence-corrected chi connectivity index (χ1v) is 7.88. The van der Waals surface area contributed by atoms with Crippen molar-refractivity contribution in [2.45, 2.75) is 0 Å². The molecular weight excluding hydrogens is 276 g/mol. The van der Waals surface area contributed by atoms with Gasteiger partial charge in [0.2, 0.25) is 0 Å². The average Bonchev–Trinajstić information content (AvgIpc) is 3.11. The van der Waals surface area contributed by atoms with Gasteiger partial charge in [0.25, 0.3) is 0 Å². The van der Waals surface area contributed by atoms with E-state index in [1.165, 1.54) is 21.3 Å². The predicted octanol–water partition coefficient (Wildman–Crippen LogP) is 3.63. The fraction of sp³-hybridized carbons (Fsp3) is 0.214. The van der Waals surface area contributed by atoms with E-state index in [9.17, 15) is 0 Å². The van der Waals surface area contributed by atoms with E-state index in [2.05, 4.69) is 32.8 Å². The van der Waals surface area contributed by atoms with Gasteiger partial charge in [-0.1, -0.05) is 23.9 Å². The van der Waals surface area contributed by atoms with Gasteiger partial charge in [0.1, 0.15) is 5.75 Å². The van der Waals surface area contributed by atoms with Gasteiger partial charge in [0, 0.05) is 28.3 Å². The molecule has 0 aliphatic carbocycles. The fourth-order valence-corrected chi connectivity index (χ4v) is 4.53. The van der Waals surface area contributed by atoms with Gasteiger partial charge in [-0.15, -0.1) is 11.3 Å². The van der Waals surface area contributed by atoms with E-state index in [1.54, 1.807) is 30.2 Å². The molecule has 0 N–H and O–H groups in total. The van der Waals surface area contributed by atoms with E-state index in [4.69, 9.17) is 4.74 Å². The van der Waals surface area contributed by atoms with E-state index in [-0.39, 0.29) is 0 Å². The van der Waals surface area contributed by atoms with Crippen LogP contribution in [0.15, 0.2) is 34.0 Å². The van der Waals surface area contributed by atoms with Crippen molar-refractivity contribution in [3.05, 3.63) is 34.6 Å². The minimum Gasteiger partial charge on any atom is -0.495 e. The molecule has 0 atom stereocenters. The van der Waals surface area contributed by atoms with Gasteiger partial charge in [0.15, 0.2) is 5.17 Å². The molecule has 0 radical (unpaired) electrons. The molecule has 0 unspecified atom stereocenters. The van der Waals surface area contributed by atoms with Crippen LogP contribution in [0.1, 0.15) is 5.56 Å². The third-order valence-electron chi connectivity index (χ3n) is 3.43. The summed E-state index contributed by atoms with van der Waals surface area (Å²) in [7, 11) is 1.73. The number of rotatable bonds is 2. The number of hydrogen-bond acceptors (Lipinski definition) is 5. The lowest BCUT2D eigenvalue weighted by molar-refractivity contribution is 0.420. The molecule has 2 aliphatic rings. The van der Waals surface area contributed by atoms with Gasteiger partial charge >= 0.3 is 0 Å². The summed E-state index contributed by atoms with van der Waals surface area (Å²) < 4.78 is 6.66. The SMILES string of the molecule is COc1cccc2c(C3=CSC4=NCCN34)csc12. The highest BCUT2D eigenvalue weighted by molar-refractivity contribution is 8.16. The summed E-state index contributed by atoms with van der Waals surface area (Å²) in [6.07, 6.45) is 0. The minimum absolute atomic E-state index is 0.908. The van der Waals surface area contributed by atoms with Gasteiger partial charge in [-0.25, -0.2) is 0 Å². The molecule has 4 rings (SSSR count). The summed E-state index contributed by atoms with van der Waals surface area (Å²) in [6, 6.07) is 6.24. The lowest BCUT2D eigenvalue weighted by Gasteiger charge is -2.16. The second kappa shape index (κ2) is 4.28. The second-order valence-corrected chi connectivity index (χ2v) is 6.14. The molecule has 19 heavy (non-hydrogen) atoms. The molecule has 2 aliphatic heterocycles. The van der Waals surface area contributed by atoms with Gasteiger partial charge in [-0.2, -0.15) is 0 Å². The van der Waals surface area contributed by atoms with Crippen LogP contribution >= 0.6 is 23.1 Å². The molecule has 2 aromatic rings. The van der Waals surface area contributed by atoms with E-state index in [1.807, 2.05) is 6.07 Å². The van der Waals surface area contributed by atoms with Crippen molar-refractivity contribution in [1.82, 2.24) is 4.90 Å². The highest BCUT2D eigenvalue weighted by Crippen LogP contribution is 2.42. The lowest BCUT2D eigenvalue weighted by Crippen LogP contribution is -2.19. The standard InChI is InChI=1S/C14H12N2OS2/c1-17-12-4-2-3-9-10(7-18-13(9)12)11-8-19-14-15-5-6-16(11)14/h2-4,7-8H,5-6H2,1H3. The molecule has 1 aromatic heterocycles. The van der Waals surface area contributed by atoms with Crippen LogP contribution in [-0.2, 0) is 0 Å². The third-order valence-corrected chi connectivity index (χ3v) is 5.34. The zero-order valence-electron chi connectivity index (χ0n) is 10.4. The van der Waals surface area contributed by atoms with Crippen molar-refractivity contribution in [1.29, 1.82) is 0 Å². The molecule has 3 heterocycles. The Hall–Kier alpha value is -1.46. The molecule has 0 fully saturated rings. The Balaban J connectivity index is 1.86. The van der Waals surface area contributed by atoms with Crippen molar-refractivity contribution >= 4 is 44.0 Å². The molecule has 96 valence electrons. The lowest BCUT2D eigenvalue weighted by atomic mass is 10.1. The summed E-state index contributed by atoms with van der Waals surface area (Å²) >= 11 is 3.47. The molecule has 0 saturated carbocycles. The Kier molecular flexibility index (Phi) is 2.56. The topological polar surface area (TPSA) is 24.8 Å². The number of aliphatic imine (C=N–C) groups is 1. The van der Waals surface area contributed by atoms with Crippen LogP contribution in [0.3, 0.4) is 0 Å². The van der Waals surface area contributed by atoms with E-state index in [0.717, 1.165) is 24.0 Å². The van der Waals surface area contributed by atoms with Crippen molar-refractivity contribution in [2.75, 3.05) is 20.2 Å². The van der Waals surface area contributed by atoms with Gasteiger partial charge in [-0.3, -0.25) is 4.99 Å². The zero-order valence-corrected chi connectivity index (χ0v) is 12.1. The number of nitrogens with zero attached hydrogens (tertiary/aromatic N) is 2. The quantitative estimate of drug-likeness (QED) is 0.843. The van der Waals surface area contributed by atoms with E-state index < -0.39 is 0 Å². The number of fused-ring (bicyclic) bond motifs is 2. The molecular formula is C14H12N2OS2. The number of thioether (sulfide) groups is 1. The Morgan fingerprint density at radius 1 is 1.37 bits per heavy atom. The molecule has 5 heteroatoms.